The maximum atomic E-state index is 14.5. The molecule has 0 atom stereocenters. The lowest BCUT2D eigenvalue weighted by Crippen LogP contribution is -2.43. The quantitative estimate of drug-likeness (QED) is 0.548. The predicted octanol–water partition coefficient (Wildman–Crippen LogP) is 3.31. The Morgan fingerprint density at radius 1 is 1.15 bits per heavy atom. The van der Waals surface area contributed by atoms with E-state index < -0.39 is 11.7 Å². The average Bonchev–Trinajstić information content (AvgIpc) is 2.88. The third kappa shape index (κ3) is 5.72. The summed E-state index contributed by atoms with van der Waals surface area (Å²) in [4.78, 5) is 34.3. The molecule has 0 aliphatic carbocycles. The van der Waals surface area contributed by atoms with Crippen molar-refractivity contribution in [3.05, 3.63) is 66.1 Å². The van der Waals surface area contributed by atoms with E-state index in [-0.39, 0.29) is 5.56 Å². The number of carbonyl (C=O) groups excluding carboxylic acids is 1. The van der Waals surface area contributed by atoms with E-state index in [4.69, 9.17) is 0 Å². The van der Waals surface area contributed by atoms with Gasteiger partial charge < -0.3 is 10.2 Å². The van der Waals surface area contributed by atoms with Gasteiger partial charge in [-0.1, -0.05) is 13.0 Å². The van der Waals surface area contributed by atoms with E-state index in [1.165, 1.54) is 12.1 Å². The van der Waals surface area contributed by atoms with Gasteiger partial charge in [0.1, 0.15) is 5.82 Å². The number of hydrogen-bond donors (Lipinski definition) is 1. The number of nitrogens with one attached hydrogen (secondary N) is 1. The number of carbonyl (C=O) groups is 1. The minimum Gasteiger partial charge on any atom is -0.352 e. The molecule has 0 radical (unpaired) electrons. The van der Waals surface area contributed by atoms with E-state index in [0.29, 0.717) is 30.4 Å². The van der Waals surface area contributed by atoms with Crippen molar-refractivity contribution in [2.75, 3.05) is 31.6 Å². The van der Waals surface area contributed by atoms with E-state index in [1.54, 1.807) is 30.9 Å². The van der Waals surface area contributed by atoms with Gasteiger partial charge in [0.05, 0.1) is 29.3 Å². The summed E-state index contributed by atoms with van der Waals surface area (Å²) < 4.78 is 14.5. The van der Waals surface area contributed by atoms with E-state index in [1.807, 2.05) is 13.0 Å². The van der Waals surface area contributed by atoms with Crippen molar-refractivity contribution < 1.29 is 9.18 Å². The molecule has 178 valence electrons. The fourth-order valence-corrected chi connectivity index (χ4v) is 4.12. The van der Waals surface area contributed by atoms with E-state index in [2.05, 4.69) is 42.1 Å². The summed E-state index contributed by atoms with van der Waals surface area (Å²) in [7, 11) is 2.10. The van der Waals surface area contributed by atoms with Gasteiger partial charge in [0.2, 0.25) is 5.95 Å². The maximum Gasteiger partial charge on any atom is 0.254 e. The van der Waals surface area contributed by atoms with Crippen LogP contribution in [0, 0.1) is 5.82 Å². The third-order valence-corrected chi connectivity index (χ3v) is 6.08. The third-order valence-electron chi connectivity index (χ3n) is 6.08. The minimum absolute atomic E-state index is 0.0354. The number of nitrogens with zero attached hydrogens (tertiary/aromatic N) is 6. The molecule has 1 aliphatic heterocycles. The molecular formula is C25H30FN7O. The summed E-state index contributed by atoms with van der Waals surface area (Å²) in [6.45, 7) is 4.99. The zero-order valence-corrected chi connectivity index (χ0v) is 19.6. The van der Waals surface area contributed by atoms with Crippen LogP contribution in [-0.4, -0.2) is 63.5 Å². The number of rotatable bonds is 8. The van der Waals surface area contributed by atoms with Crippen LogP contribution in [0.4, 0.5) is 10.3 Å². The van der Waals surface area contributed by atoms with Crippen LogP contribution >= 0.6 is 0 Å². The summed E-state index contributed by atoms with van der Waals surface area (Å²) in [6, 6.07) is 6.80. The first-order valence-corrected chi connectivity index (χ1v) is 11.7. The second kappa shape index (κ2) is 11.1. The van der Waals surface area contributed by atoms with Gasteiger partial charge in [0.15, 0.2) is 0 Å². The minimum atomic E-state index is -0.566. The van der Waals surface area contributed by atoms with E-state index in [0.717, 1.165) is 44.0 Å². The van der Waals surface area contributed by atoms with Crippen LogP contribution in [0.1, 0.15) is 42.2 Å². The number of aromatic nitrogens is 4. The molecule has 1 aliphatic rings. The number of hydrogen-bond acceptors (Lipinski definition) is 7. The van der Waals surface area contributed by atoms with Crippen molar-refractivity contribution in [3.8, 4) is 11.3 Å². The Balaban J connectivity index is 1.33. The molecule has 3 heterocycles. The molecule has 3 aromatic rings. The number of anilines is 1. The lowest BCUT2D eigenvalue weighted by Gasteiger charge is -2.36. The van der Waals surface area contributed by atoms with Gasteiger partial charge in [-0.3, -0.25) is 19.7 Å². The van der Waals surface area contributed by atoms with Crippen LogP contribution in [0.5, 0.6) is 0 Å². The average molecular weight is 464 g/mol. The molecule has 9 heteroatoms. The fourth-order valence-electron chi connectivity index (χ4n) is 4.12. The number of piperidine rings is 1. The first-order chi connectivity index (χ1) is 16.5. The first-order valence-electron chi connectivity index (χ1n) is 11.7. The molecule has 2 aromatic heterocycles. The highest BCUT2D eigenvalue weighted by Crippen LogP contribution is 2.22. The first kappa shape index (κ1) is 23.7. The van der Waals surface area contributed by atoms with Crippen molar-refractivity contribution in [1.82, 2.24) is 30.2 Å². The molecule has 0 spiro atoms. The summed E-state index contributed by atoms with van der Waals surface area (Å²) in [6.07, 6.45) is 9.79. The largest absolute Gasteiger partial charge is 0.352 e. The molecule has 1 amide bonds. The van der Waals surface area contributed by atoms with Gasteiger partial charge in [0.25, 0.3) is 5.91 Å². The molecule has 0 saturated carbocycles. The Morgan fingerprint density at radius 2 is 1.91 bits per heavy atom. The summed E-state index contributed by atoms with van der Waals surface area (Å²) in [5.41, 5.74) is 2.05. The number of benzene rings is 1. The fraction of sp³-hybridized carbons (Fsp3) is 0.400. The number of amides is 1. The molecular weight excluding hydrogens is 433 g/mol. The van der Waals surface area contributed by atoms with Crippen molar-refractivity contribution in [2.24, 2.45) is 0 Å². The topological polar surface area (TPSA) is 87.1 Å². The second-order valence-corrected chi connectivity index (χ2v) is 8.53. The van der Waals surface area contributed by atoms with Gasteiger partial charge in [-0.25, -0.2) is 14.4 Å². The van der Waals surface area contributed by atoms with Gasteiger partial charge in [-0.2, -0.15) is 0 Å². The van der Waals surface area contributed by atoms with Crippen LogP contribution in [0.15, 0.2) is 49.1 Å². The van der Waals surface area contributed by atoms with Gasteiger partial charge in [0, 0.05) is 50.2 Å². The maximum absolute atomic E-state index is 14.5. The molecule has 4 rings (SSSR count). The highest BCUT2D eigenvalue weighted by Gasteiger charge is 2.24. The summed E-state index contributed by atoms with van der Waals surface area (Å²) in [5.74, 6) is -0.183. The molecule has 1 saturated heterocycles. The molecule has 0 unspecified atom stereocenters. The van der Waals surface area contributed by atoms with Crippen molar-refractivity contribution >= 4 is 11.9 Å². The van der Waals surface area contributed by atoms with Crippen LogP contribution in [-0.2, 0) is 6.54 Å². The zero-order valence-electron chi connectivity index (χ0n) is 19.6. The van der Waals surface area contributed by atoms with Crippen molar-refractivity contribution in [1.29, 1.82) is 0 Å². The Hall–Kier alpha value is -3.46. The highest BCUT2D eigenvalue weighted by atomic mass is 19.1. The smallest absolute Gasteiger partial charge is 0.254 e. The Bertz CT molecular complexity index is 1090. The van der Waals surface area contributed by atoms with Crippen LogP contribution < -0.4 is 10.2 Å². The second-order valence-electron chi connectivity index (χ2n) is 8.53. The highest BCUT2D eigenvalue weighted by molar-refractivity contribution is 5.94. The normalized spacial score (nSPS) is 14.4. The van der Waals surface area contributed by atoms with Crippen LogP contribution in [0.3, 0.4) is 0 Å². The zero-order chi connectivity index (χ0) is 23.9. The molecule has 0 bridgehead atoms. The Morgan fingerprint density at radius 3 is 2.56 bits per heavy atom. The van der Waals surface area contributed by atoms with Gasteiger partial charge in [-0.05, 0) is 44.5 Å². The molecule has 1 fully saturated rings. The number of halogens is 1. The lowest BCUT2D eigenvalue weighted by molar-refractivity contribution is 0.0949. The van der Waals surface area contributed by atoms with E-state index >= 15 is 0 Å². The van der Waals surface area contributed by atoms with Gasteiger partial charge in [-0.15, -0.1) is 0 Å². The van der Waals surface area contributed by atoms with E-state index in [9.17, 15) is 9.18 Å². The van der Waals surface area contributed by atoms with Crippen LogP contribution in [0.2, 0.25) is 0 Å². The molecule has 34 heavy (non-hydrogen) atoms. The lowest BCUT2D eigenvalue weighted by atomic mass is 10.0. The van der Waals surface area contributed by atoms with Crippen molar-refractivity contribution in [2.45, 2.75) is 38.8 Å². The Kier molecular flexibility index (Phi) is 7.74. The molecule has 1 N–H and O–H groups in total. The SMILES string of the molecule is CCCNC(=O)c1ccc(-c2cnc(CN(C)C3CCN(c4ncccn4)CC3)cn2)cc1F. The summed E-state index contributed by atoms with van der Waals surface area (Å²) in [5, 5.41) is 2.69. The standard InChI is InChI=1S/C25H30FN7O/c1-3-9-27-24(34)21-6-5-18(14-22(21)26)23-16-30-19(15-31-23)17-32(2)20-7-12-33(13-8-20)25-28-10-4-11-29-25/h4-6,10-11,14-16,20H,3,7-9,12-13,17H2,1-2H3,(H,27,34). The van der Waals surface area contributed by atoms with Crippen LogP contribution in [0.25, 0.3) is 11.3 Å². The summed E-state index contributed by atoms with van der Waals surface area (Å²) >= 11 is 0. The monoisotopic (exact) mass is 463 g/mol. The van der Waals surface area contributed by atoms with Crippen molar-refractivity contribution in [3.63, 3.8) is 0 Å². The molecule has 1 aromatic carbocycles. The predicted molar refractivity (Wildman–Crippen MR) is 129 cm³/mol. The Labute approximate surface area is 199 Å². The van der Waals surface area contributed by atoms with Gasteiger partial charge >= 0.3 is 0 Å². The molecule has 8 nitrogen and oxygen atoms in total.